The van der Waals surface area contributed by atoms with Crippen LogP contribution in [0.15, 0.2) is 257 Å². The number of aryl methyl sites for hydroxylation is 4. The standard InChI is InChI=1S/C23H22F3NO2.C22H26N2O5S.C22H26N2O4S.C21H24N2O2S.C20H21ClN2O2S/c1-15-5-4-7-19-17(15)9-10-18(19)16-11-13-27(14-12-16)22(28)20-6-2-3-8-21(20)29-23(24,25)26;1-27-16-4-6-20-18(12-16)19(14-23-20)15-8-10-24(11-9-15)30(25,26)22-7-5-17(28-2)13-21(22)29-3;1-15-4-7-22(21(12-15)28-3)29(25,26)24-10-8-16(9-11-24)19-14-23-20-6-5-17(27-2)13-18(19)20;1-2-16-7-9-18(10-8-16)26(24,25)23-13-11-17(12-14-23)20-15-22-21-6-4-3-5-19(20)21;1-14-6-7-16(12-19(14)21)26(24,25)23-10-8-15(9-11-23)18-13-22-20-5-3-2-4-17(18)20/h2-8,10,16H,9,11-14H2,1H3;4-7,12-15,23H,8-11H2,1-3H3;4-7,12-14,16,23H,8-11H2,1-3H3;3-10,15,17,22H,2,11-14H2,1H3;2-7,12-13,15,22H,8-11H2,1H3. The number of H-pyrrole nitrogens is 4. The summed E-state index contributed by atoms with van der Waals surface area (Å²) in [5.41, 5.74) is 17.7. The Morgan fingerprint density at radius 3 is 1.26 bits per heavy atom. The van der Waals surface area contributed by atoms with Gasteiger partial charge in [0.25, 0.3) is 5.91 Å². The lowest BCUT2D eigenvalue weighted by Gasteiger charge is -2.33. The highest BCUT2D eigenvalue weighted by Crippen LogP contribution is 2.45. The number of piperidine rings is 5. The van der Waals surface area contributed by atoms with Crippen molar-refractivity contribution < 1.29 is 80.1 Å². The van der Waals surface area contributed by atoms with Crippen molar-refractivity contribution in [2.24, 2.45) is 5.92 Å². The molecule has 738 valence electrons. The number of nitrogens with one attached hydrogen (secondary N) is 4. The number of benzene rings is 10. The number of fused-ring (bicyclic) bond motifs is 5. The number of hydrogen-bond acceptors (Lipinski definition) is 15. The van der Waals surface area contributed by atoms with Crippen LogP contribution in [-0.2, 0) is 52.9 Å². The molecule has 14 aromatic rings. The topological polar surface area (TPSA) is 288 Å². The first-order valence-corrected chi connectivity index (χ1v) is 53.5. The van der Waals surface area contributed by atoms with Crippen LogP contribution in [0.3, 0.4) is 0 Å². The van der Waals surface area contributed by atoms with Crippen LogP contribution in [0, 0.1) is 26.7 Å². The zero-order chi connectivity index (χ0) is 99.0. The molecule has 0 radical (unpaired) electrons. The second kappa shape index (κ2) is 43.7. The van der Waals surface area contributed by atoms with E-state index in [1.54, 1.807) is 103 Å². The van der Waals surface area contributed by atoms with Gasteiger partial charge in [-0.25, -0.2) is 33.7 Å². The van der Waals surface area contributed by atoms with Gasteiger partial charge in [-0.05, 0) is 298 Å². The van der Waals surface area contributed by atoms with Crippen LogP contribution in [0.25, 0.3) is 49.2 Å². The van der Waals surface area contributed by atoms with Gasteiger partial charge in [0.1, 0.15) is 44.3 Å². The smallest absolute Gasteiger partial charge is 0.497 e. The van der Waals surface area contributed by atoms with E-state index < -0.39 is 58.1 Å². The number of likely N-dealkylation sites (tertiary alicyclic amines) is 1. The Kier molecular flexibility index (Phi) is 31.5. The average Bonchev–Trinajstić information content (AvgIpc) is 1.13. The number of alkyl halides is 3. The minimum absolute atomic E-state index is 0.0515. The molecule has 10 aromatic carbocycles. The predicted molar refractivity (Wildman–Crippen MR) is 543 cm³/mol. The Labute approximate surface area is 822 Å². The number of carbonyl (C=O) groups excluding carboxylic acids is 1. The number of hydrogen-bond donors (Lipinski definition) is 4. The highest BCUT2D eigenvalue weighted by Gasteiger charge is 2.40. The van der Waals surface area contributed by atoms with Gasteiger partial charge in [-0.2, -0.15) is 17.2 Å². The van der Waals surface area contributed by atoms with Gasteiger partial charge in [0.05, 0.1) is 50.9 Å². The van der Waals surface area contributed by atoms with E-state index in [0.29, 0.717) is 116 Å². The zero-order valence-corrected chi connectivity index (χ0v) is 84.0. The summed E-state index contributed by atoms with van der Waals surface area (Å²) in [4.78, 5) is 28.8. The SMILES string of the molecule is CCc1ccc(S(=O)(=O)N2CCC(c3c[nH]c4ccccc34)CC2)cc1.COc1ccc(S(=O)(=O)N2CCC(c3c[nH]c4ccc(OC)cc34)CC2)c(OC)c1.COc1ccc2[nH]cc(C3CCN(S(=O)(=O)c4ccc(C)cc4OC)CC3)c2c1.Cc1ccc(S(=O)(=O)N2CCC(c3c[nH]c4ccccc34)CC2)cc1Cl.Cc1cccc2c1CC=C2C1CCN(C(=O)c2ccccc2OC(F)(F)F)CC1. The molecule has 4 aromatic heterocycles. The van der Waals surface area contributed by atoms with Crippen molar-refractivity contribution in [3.05, 3.63) is 303 Å². The van der Waals surface area contributed by atoms with Crippen molar-refractivity contribution in [1.82, 2.24) is 42.1 Å². The van der Waals surface area contributed by atoms with E-state index in [4.69, 9.17) is 35.3 Å². The van der Waals surface area contributed by atoms with Crippen LogP contribution in [0.4, 0.5) is 13.2 Å². The Morgan fingerprint density at radius 2 is 0.800 bits per heavy atom. The first-order chi connectivity index (χ1) is 67.3. The Hall–Kier alpha value is -11.9. The van der Waals surface area contributed by atoms with Crippen LogP contribution >= 0.6 is 11.6 Å². The molecule has 20 rings (SSSR count). The fourth-order valence-electron chi connectivity index (χ4n) is 20.2. The van der Waals surface area contributed by atoms with Crippen molar-refractivity contribution in [2.75, 3.05) is 101 Å². The highest BCUT2D eigenvalue weighted by atomic mass is 35.5. The average molecular weight is 2000 g/mol. The van der Waals surface area contributed by atoms with Crippen molar-refractivity contribution in [2.45, 2.75) is 154 Å². The number of rotatable bonds is 21. The number of halogens is 4. The molecule has 0 bridgehead atoms. The molecule has 5 aliphatic heterocycles. The summed E-state index contributed by atoms with van der Waals surface area (Å²) in [5, 5.41) is 5.25. The van der Waals surface area contributed by atoms with Crippen molar-refractivity contribution >= 4 is 107 Å². The quantitative estimate of drug-likeness (QED) is 0.0520. The van der Waals surface area contributed by atoms with Crippen molar-refractivity contribution in [3.63, 3.8) is 0 Å². The van der Waals surface area contributed by atoms with Gasteiger partial charge < -0.3 is 53.3 Å². The van der Waals surface area contributed by atoms with Crippen LogP contribution in [0.5, 0.6) is 34.5 Å². The number of methoxy groups -OCH3 is 5. The molecule has 5 fully saturated rings. The molecule has 0 atom stereocenters. The Morgan fingerprint density at radius 1 is 0.393 bits per heavy atom. The second-order valence-corrected chi connectivity index (χ2v) is 44.4. The fourth-order valence-corrected chi connectivity index (χ4v) is 26.6. The maximum absolute atomic E-state index is 13.2. The second-order valence-electron chi connectivity index (χ2n) is 36.3. The van der Waals surface area contributed by atoms with Gasteiger partial charge in [-0.3, -0.25) is 4.79 Å². The summed E-state index contributed by atoms with van der Waals surface area (Å²) in [7, 11) is -6.30. The summed E-state index contributed by atoms with van der Waals surface area (Å²) < 4.78 is 179. The summed E-state index contributed by atoms with van der Waals surface area (Å²) in [6, 6.07) is 62.6. The lowest BCUT2D eigenvalue weighted by Crippen LogP contribution is -2.39. The minimum Gasteiger partial charge on any atom is -0.497 e. The number of sulfonamides is 4. The van der Waals surface area contributed by atoms with E-state index in [9.17, 15) is 51.6 Å². The van der Waals surface area contributed by atoms with Crippen LogP contribution in [-0.4, -0.2) is 189 Å². The first kappa shape index (κ1) is 101. The fraction of sp³-hybridized carbons (Fsp3) is 0.343. The summed E-state index contributed by atoms with van der Waals surface area (Å²) in [6.07, 6.45) is 15.5. The van der Waals surface area contributed by atoms with E-state index in [1.807, 2.05) is 99.0 Å². The third-order valence-corrected chi connectivity index (χ3v) is 36.2. The third-order valence-electron chi connectivity index (χ3n) is 28.1. The van der Waals surface area contributed by atoms with Crippen LogP contribution in [0.1, 0.15) is 161 Å². The normalized spacial score (nSPS) is 16.6. The molecule has 6 aliphatic rings. The lowest BCUT2D eigenvalue weighted by atomic mass is 9.85. The maximum atomic E-state index is 13.2. The number of aromatic amines is 4. The molecule has 0 saturated carbocycles. The van der Waals surface area contributed by atoms with E-state index in [0.717, 1.165) is 138 Å². The lowest BCUT2D eigenvalue weighted by molar-refractivity contribution is -0.274. The molecule has 9 heterocycles. The van der Waals surface area contributed by atoms with Crippen molar-refractivity contribution in [1.29, 1.82) is 0 Å². The molecule has 0 unspecified atom stereocenters. The largest absolute Gasteiger partial charge is 0.573 e. The third kappa shape index (κ3) is 22.2. The zero-order valence-electron chi connectivity index (χ0n) is 80.0. The molecule has 1 amide bonds. The van der Waals surface area contributed by atoms with Gasteiger partial charge in [0, 0.05) is 145 Å². The molecule has 5 saturated heterocycles. The molecule has 0 spiro atoms. The number of nitrogens with zero attached hydrogens (tertiary/aromatic N) is 5. The summed E-state index contributed by atoms with van der Waals surface area (Å²) in [5.74, 6) is 3.76. The monoisotopic (exact) mass is 2000 g/mol. The van der Waals surface area contributed by atoms with Crippen LogP contribution in [0.2, 0.25) is 5.02 Å². The number of ether oxygens (including phenoxy) is 6. The summed E-state index contributed by atoms with van der Waals surface area (Å²) in [6.45, 7) is 13.1. The van der Waals surface area contributed by atoms with E-state index in [1.165, 1.54) is 94.8 Å². The number of para-hydroxylation sites is 3. The number of aromatic nitrogens is 4. The molecule has 32 heteroatoms. The van der Waals surface area contributed by atoms with Crippen molar-refractivity contribution in [3.8, 4) is 34.5 Å². The maximum Gasteiger partial charge on any atom is 0.573 e. The summed E-state index contributed by atoms with van der Waals surface area (Å²) >= 11 is 6.12. The van der Waals surface area contributed by atoms with Gasteiger partial charge >= 0.3 is 6.36 Å². The molecule has 4 N–H and O–H groups in total. The minimum atomic E-state index is -4.83. The van der Waals surface area contributed by atoms with E-state index >= 15 is 0 Å². The molecular formula is C108H119ClF3N9O15S4. The molecule has 24 nitrogen and oxygen atoms in total. The van der Waals surface area contributed by atoms with Gasteiger partial charge in [-0.15, -0.1) is 13.2 Å². The molecule has 1 aliphatic carbocycles. The number of allylic oxidation sites excluding steroid dienone is 2. The Bertz CT molecular complexity index is 7290. The first-order valence-electron chi connectivity index (χ1n) is 47.4. The predicted octanol–water partition coefficient (Wildman–Crippen LogP) is 22.2. The van der Waals surface area contributed by atoms with Gasteiger partial charge in [-0.1, -0.05) is 116 Å². The molecular weight excluding hydrogens is 1880 g/mol. The highest BCUT2D eigenvalue weighted by molar-refractivity contribution is 7.90. The van der Waals surface area contributed by atoms with E-state index in [-0.39, 0.29) is 26.2 Å². The Balaban J connectivity index is 0.000000126. The van der Waals surface area contributed by atoms with E-state index in [2.05, 4.69) is 106 Å². The number of amides is 1. The van der Waals surface area contributed by atoms with Gasteiger partial charge in [0.2, 0.25) is 40.1 Å². The van der Waals surface area contributed by atoms with Crippen LogP contribution < -0.4 is 28.4 Å². The van der Waals surface area contributed by atoms with Gasteiger partial charge in [0.15, 0.2) is 0 Å². The number of carbonyl (C=O) groups is 1. The molecule has 140 heavy (non-hydrogen) atoms.